The Bertz CT molecular complexity index is 1160. The van der Waals surface area contributed by atoms with Crippen molar-refractivity contribution in [1.29, 1.82) is 0 Å². The molecule has 7 heteroatoms. The van der Waals surface area contributed by atoms with Crippen molar-refractivity contribution in [3.05, 3.63) is 83.4 Å². The van der Waals surface area contributed by atoms with Crippen LogP contribution in [0, 0.1) is 6.92 Å². The van der Waals surface area contributed by atoms with E-state index in [1.807, 2.05) is 50.3 Å². The predicted octanol–water partition coefficient (Wildman–Crippen LogP) is 4.51. The van der Waals surface area contributed by atoms with Gasteiger partial charge >= 0.3 is 0 Å². The van der Waals surface area contributed by atoms with Crippen LogP contribution in [0.3, 0.4) is 0 Å². The largest absolute Gasteiger partial charge is 0.384 e. The van der Waals surface area contributed by atoms with E-state index in [-0.39, 0.29) is 12.5 Å². The minimum atomic E-state index is -0.0354. The monoisotopic (exact) mass is 444 g/mol. The molecule has 0 atom stereocenters. The van der Waals surface area contributed by atoms with Gasteiger partial charge in [-0.1, -0.05) is 41.1 Å². The second-order valence-corrected chi connectivity index (χ2v) is 7.98. The number of amides is 1. The van der Waals surface area contributed by atoms with Gasteiger partial charge in [-0.15, -0.1) is 0 Å². The SMILES string of the molecule is C/C=C(\C=C(\C)NCc1ccc(C)cc1)c1nc(-c2ccc(N3CCOCC3=O)cc2)no1. The quantitative estimate of drug-likeness (QED) is 0.540. The van der Waals surface area contributed by atoms with E-state index in [1.54, 1.807) is 4.90 Å². The summed E-state index contributed by atoms with van der Waals surface area (Å²) in [5.41, 5.74) is 5.98. The van der Waals surface area contributed by atoms with Crippen LogP contribution in [0.5, 0.6) is 0 Å². The van der Waals surface area contributed by atoms with Crippen molar-refractivity contribution in [2.45, 2.75) is 27.3 Å². The standard InChI is InChI=1S/C26H28N4O3/c1-4-21(15-19(3)27-16-20-7-5-18(2)6-8-20)26-28-25(29-33-26)22-9-11-23(12-10-22)30-13-14-32-17-24(30)31/h4-12,15,27H,13-14,16-17H2,1-3H3/b19-15-,21-4+. The lowest BCUT2D eigenvalue weighted by Gasteiger charge is -2.26. The van der Waals surface area contributed by atoms with E-state index < -0.39 is 0 Å². The van der Waals surface area contributed by atoms with Crippen LogP contribution in [-0.4, -0.2) is 35.8 Å². The Hall–Kier alpha value is -3.71. The van der Waals surface area contributed by atoms with Gasteiger partial charge in [0.25, 0.3) is 11.8 Å². The van der Waals surface area contributed by atoms with E-state index >= 15 is 0 Å². The topological polar surface area (TPSA) is 80.5 Å². The summed E-state index contributed by atoms with van der Waals surface area (Å²) in [4.78, 5) is 18.3. The number of nitrogens with zero attached hydrogens (tertiary/aromatic N) is 3. The Balaban J connectivity index is 1.43. The third kappa shape index (κ3) is 5.56. The van der Waals surface area contributed by atoms with Crippen LogP contribution in [0.2, 0.25) is 0 Å². The van der Waals surface area contributed by atoms with Crippen LogP contribution in [0.15, 0.2) is 70.9 Å². The smallest absolute Gasteiger partial charge is 0.257 e. The average molecular weight is 445 g/mol. The third-order valence-corrected chi connectivity index (χ3v) is 5.47. The fourth-order valence-corrected chi connectivity index (χ4v) is 3.54. The van der Waals surface area contributed by atoms with Crippen molar-refractivity contribution in [1.82, 2.24) is 15.5 Å². The van der Waals surface area contributed by atoms with Gasteiger partial charge in [0.15, 0.2) is 0 Å². The van der Waals surface area contributed by atoms with Crippen LogP contribution in [0.25, 0.3) is 17.0 Å². The number of hydrogen-bond acceptors (Lipinski definition) is 6. The predicted molar refractivity (Wildman–Crippen MR) is 128 cm³/mol. The molecule has 2 aromatic carbocycles. The molecule has 0 bridgehead atoms. The molecule has 1 aromatic heterocycles. The summed E-state index contributed by atoms with van der Waals surface area (Å²) in [5, 5.41) is 7.57. The first-order valence-electron chi connectivity index (χ1n) is 11.0. The van der Waals surface area contributed by atoms with Crippen molar-refractivity contribution in [3.63, 3.8) is 0 Å². The number of benzene rings is 2. The van der Waals surface area contributed by atoms with Crippen LogP contribution in [-0.2, 0) is 16.1 Å². The average Bonchev–Trinajstić information content (AvgIpc) is 3.33. The number of ether oxygens (including phenoxy) is 1. The fraction of sp³-hybridized carbons (Fsp3) is 0.269. The third-order valence-electron chi connectivity index (χ3n) is 5.47. The highest BCUT2D eigenvalue weighted by atomic mass is 16.5. The molecule has 0 spiro atoms. The zero-order valence-corrected chi connectivity index (χ0v) is 19.2. The van der Waals surface area contributed by atoms with Crippen LogP contribution >= 0.6 is 0 Å². The Morgan fingerprint density at radius 1 is 1.15 bits per heavy atom. The van der Waals surface area contributed by atoms with Gasteiger partial charge in [-0.25, -0.2) is 0 Å². The molecule has 170 valence electrons. The molecule has 1 aliphatic rings. The first kappa shape index (κ1) is 22.5. The molecule has 33 heavy (non-hydrogen) atoms. The van der Waals surface area contributed by atoms with Gasteiger partial charge in [-0.2, -0.15) is 4.98 Å². The molecule has 1 fully saturated rings. The first-order chi connectivity index (χ1) is 16.0. The van der Waals surface area contributed by atoms with Crippen molar-refractivity contribution >= 4 is 17.2 Å². The molecule has 1 aliphatic heterocycles. The summed E-state index contributed by atoms with van der Waals surface area (Å²) in [6, 6.07) is 16.0. The van der Waals surface area contributed by atoms with Crippen molar-refractivity contribution in [2.24, 2.45) is 0 Å². The van der Waals surface area contributed by atoms with Gasteiger partial charge in [0.1, 0.15) is 6.61 Å². The lowest BCUT2D eigenvalue weighted by atomic mass is 10.1. The second-order valence-electron chi connectivity index (χ2n) is 7.98. The molecule has 1 N–H and O–H groups in total. The molecule has 3 aromatic rings. The molecular formula is C26H28N4O3. The van der Waals surface area contributed by atoms with Crippen LogP contribution < -0.4 is 10.2 Å². The molecule has 0 aliphatic carbocycles. The van der Waals surface area contributed by atoms with E-state index in [0.717, 1.165) is 29.1 Å². The maximum Gasteiger partial charge on any atom is 0.257 e. The van der Waals surface area contributed by atoms with Crippen molar-refractivity contribution in [3.8, 4) is 11.4 Å². The highest BCUT2D eigenvalue weighted by molar-refractivity contribution is 5.95. The molecule has 1 saturated heterocycles. The van der Waals surface area contributed by atoms with Crippen molar-refractivity contribution in [2.75, 3.05) is 24.7 Å². The molecule has 0 radical (unpaired) electrons. The Morgan fingerprint density at radius 2 is 1.91 bits per heavy atom. The zero-order valence-electron chi connectivity index (χ0n) is 19.2. The van der Waals surface area contributed by atoms with Gasteiger partial charge in [0, 0.05) is 35.6 Å². The highest BCUT2D eigenvalue weighted by Gasteiger charge is 2.20. The maximum absolute atomic E-state index is 12.0. The zero-order chi connectivity index (χ0) is 23.2. The van der Waals surface area contributed by atoms with Crippen molar-refractivity contribution < 1.29 is 14.1 Å². The Kier molecular flexibility index (Phi) is 7.00. The minimum Gasteiger partial charge on any atom is -0.384 e. The highest BCUT2D eigenvalue weighted by Crippen LogP contribution is 2.24. The second kappa shape index (κ2) is 10.3. The number of allylic oxidation sites excluding steroid dienone is 4. The number of nitrogens with one attached hydrogen (secondary N) is 1. The van der Waals surface area contributed by atoms with E-state index in [4.69, 9.17) is 9.26 Å². The van der Waals surface area contributed by atoms with E-state index in [9.17, 15) is 4.79 Å². The molecular weight excluding hydrogens is 416 g/mol. The van der Waals surface area contributed by atoms with E-state index in [1.165, 1.54) is 11.1 Å². The van der Waals surface area contributed by atoms with Crippen LogP contribution in [0.1, 0.15) is 30.9 Å². The summed E-state index contributed by atoms with van der Waals surface area (Å²) in [6.07, 6.45) is 3.94. The van der Waals surface area contributed by atoms with Gasteiger partial charge < -0.3 is 19.5 Å². The van der Waals surface area contributed by atoms with E-state index in [2.05, 4.69) is 46.6 Å². The number of aryl methyl sites for hydroxylation is 1. The number of aromatic nitrogens is 2. The number of carbonyl (C=O) groups is 1. The molecule has 7 nitrogen and oxygen atoms in total. The number of morpholine rings is 1. The van der Waals surface area contributed by atoms with E-state index in [0.29, 0.717) is 24.9 Å². The maximum atomic E-state index is 12.0. The minimum absolute atomic E-state index is 0.0354. The Labute approximate surface area is 193 Å². The van der Waals surface area contributed by atoms with Crippen LogP contribution in [0.4, 0.5) is 5.69 Å². The first-order valence-corrected chi connectivity index (χ1v) is 11.0. The fourth-order valence-electron chi connectivity index (χ4n) is 3.54. The number of hydrogen-bond donors (Lipinski definition) is 1. The summed E-state index contributed by atoms with van der Waals surface area (Å²) < 4.78 is 10.7. The molecule has 0 saturated carbocycles. The van der Waals surface area contributed by atoms with Gasteiger partial charge in [-0.3, -0.25) is 4.79 Å². The summed E-state index contributed by atoms with van der Waals surface area (Å²) in [7, 11) is 0. The molecule has 1 amide bonds. The van der Waals surface area contributed by atoms with Gasteiger partial charge in [0.05, 0.1) is 6.61 Å². The molecule has 0 unspecified atom stereocenters. The summed E-state index contributed by atoms with van der Waals surface area (Å²) in [5.74, 6) is 0.922. The number of anilines is 1. The number of rotatable bonds is 7. The Morgan fingerprint density at radius 3 is 2.61 bits per heavy atom. The van der Waals surface area contributed by atoms with Gasteiger partial charge in [0.2, 0.25) is 5.82 Å². The molecule has 4 rings (SSSR count). The summed E-state index contributed by atoms with van der Waals surface area (Å²) in [6.45, 7) is 8.00. The van der Waals surface area contributed by atoms with Gasteiger partial charge in [-0.05, 0) is 56.7 Å². The number of carbonyl (C=O) groups excluding carboxylic acids is 1. The normalized spacial score (nSPS) is 15.1. The lowest BCUT2D eigenvalue weighted by Crippen LogP contribution is -2.41. The molecule has 2 heterocycles. The lowest BCUT2D eigenvalue weighted by molar-refractivity contribution is -0.125. The summed E-state index contributed by atoms with van der Waals surface area (Å²) >= 11 is 0.